The molecule has 2 heterocycles. The van der Waals surface area contributed by atoms with Gasteiger partial charge in [-0.25, -0.2) is 0 Å². The summed E-state index contributed by atoms with van der Waals surface area (Å²) >= 11 is 0. The van der Waals surface area contributed by atoms with Gasteiger partial charge in [0.05, 0.1) is 36.6 Å². The molecule has 0 radical (unpaired) electrons. The molecule has 1 spiro atoms. The minimum Gasteiger partial charge on any atom is -0.469 e. The fraction of sp³-hybridized carbons (Fsp3) is 0.852. The first-order valence-electron chi connectivity index (χ1n) is 12.9. The Kier molecular flexibility index (Phi) is 5.93. The van der Waals surface area contributed by atoms with Gasteiger partial charge in [-0.2, -0.15) is 0 Å². The van der Waals surface area contributed by atoms with Crippen molar-refractivity contribution < 1.29 is 33.3 Å². The van der Waals surface area contributed by atoms with Crippen molar-refractivity contribution in [3.8, 4) is 0 Å². The fourth-order valence-electron chi connectivity index (χ4n) is 7.35. The van der Waals surface area contributed by atoms with Gasteiger partial charge in [0, 0.05) is 7.11 Å². The van der Waals surface area contributed by atoms with E-state index in [9.17, 15) is 9.59 Å². The van der Waals surface area contributed by atoms with Crippen molar-refractivity contribution in [2.45, 2.75) is 108 Å². The Bertz CT molecular complexity index is 846. The number of esters is 2. The molecular formula is C27H40O7. The van der Waals surface area contributed by atoms with Crippen molar-refractivity contribution in [2.24, 2.45) is 16.7 Å². The summed E-state index contributed by atoms with van der Waals surface area (Å²) in [5.74, 6) is -0.222. The van der Waals surface area contributed by atoms with Gasteiger partial charge in [0.2, 0.25) is 0 Å². The van der Waals surface area contributed by atoms with Crippen LogP contribution in [0.4, 0.5) is 0 Å². The van der Waals surface area contributed by atoms with Crippen LogP contribution in [0.2, 0.25) is 0 Å². The molecule has 0 unspecified atom stereocenters. The number of carbonyl (C=O) groups excluding carboxylic acids is 2. The van der Waals surface area contributed by atoms with E-state index in [-0.39, 0.29) is 47.4 Å². The number of rotatable bonds is 7. The van der Waals surface area contributed by atoms with Crippen molar-refractivity contribution in [1.29, 1.82) is 0 Å². The average molecular weight is 477 g/mol. The van der Waals surface area contributed by atoms with E-state index in [0.29, 0.717) is 45.1 Å². The van der Waals surface area contributed by atoms with Crippen LogP contribution in [0.1, 0.15) is 78.6 Å². The Morgan fingerprint density at radius 1 is 0.971 bits per heavy atom. The fourth-order valence-corrected chi connectivity index (χ4v) is 7.35. The molecule has 6 rings (SSSR count). The van der Waals surface area contributed by atoms with E-state index >= 15 is 0 Å². The first-order valence-corrected chi connectivity index (χ1v) is 12.9. The summed E-state index contributed by atoms with van der Waals surface area (Å²) in [6, 6.07) is 0. The van der Waals surface area contributed by atoms with E-state index in [2.05, 4.69) is 26.8 Å². The number of ether oxygens (including phenoxy) is 5. The molecule has 6 atom stereocenters. The molecule has 190 valence electrons. The molecule has 4 saturated carbocycles. The summed E-state index contributed by atoms with van der Waals surface area (Å²) in [4.78, 5) is 25.9. The standard InChI is InChI=1S/C27H40O7/c1-17(2)6-7-19-24(3,34-19)21-20(30-4)18(8-9-27(21)16-32-27)33-23(29)26-13-10-25(11-14-26,12-15-26)22(28)31-5/h6,18-21H,7-16H2,1-5H3/t18-,19-,20-,21-,24-,25?,26?,27+/m1/s1. The Morgan fingerprint density at radius 3 is 2.06 bits per heavy atom. The average Bonchev–Trinajstić information content (AvgIpc) is 3.76. The molecule has 0 aromatic rings. The Labute approximate surface area is 202 Å². The minimum absolute atomic E-state index is 0.0225. The molecule has 6 aliphatic rings. The monoisotopic (exact) mass is 476 g/mol. The van der Waals surface area contributed by atoms with Gasteiger partial charge in [0.15, 0.2) is 0 Å². The summed E-state index contributed by atoms with van der Waals surface area (Å²) in [6.45, 7) is 7.08. The smallest absolute Gasteiger partial charge is 0.312 e. The molecule has 0 N–H and O–H groups in total. The van der Waals surface area contributed by atoms with Crippen LogP contribution in [0.25, 0.3) is 0 Å². The first-order chi connectivity index (χ1) is 16.1. The molecule has 6 fully saturated rings. The second-order valence-corrected chi connectivity index (χ2v) is 11.9. The maximum absolute atomic E-state index is 13.6. The second-order valence-electron chi connectivity index (χ2n) is 11.9. The van der Waals surface area contributed by atoms with E-state index < -0.39 is 10.8 Å². The largest absolute Gasteiger partial charge is 0.469 e. The molecule has 2 aliphatic heterocycles. The molecule has 2 saturated heterocycles. The third-order valence-corrected chi connectivity index (χ3v) is 9.79. The lowest BCUT2D eigenvalue weighted by molar-refractivity contribution is -0.193. The van der Waals surface area contributed by atoms with Gasteiger partial charge < -0.3 is 23.7 Å². The zero-order chi connectivity index (χ0) is 24.4. The third kappa shape index (κ3) is 3.73. The maximum atomic E-state index is 13.6. The minimum atomic E-state index is -0.485. The normalized spacial score (nSPS) is 46.6. The molecule has 34 heavy (non-hydrogen) atoms. The number of hydrogen-bond acceptors (Lipinski definition) is 7. The lowest BCUT2D eigenvalue weighted by Crippen LogP contribution is -2.57. The van der Waals surface area contributed by atoms with Crippen LogP contribution in [0.3, 0.4) is 0 Å². The number of allylic oxidation sites excluding steroid dienone is 1. The molecule has 7 heteroatoms. The highest BCUT2D eigenvalue weighted by atomic mass is 16.6. The van der Waals surface area contributed by atoms with Gasteiger partial charge >= 0.3 is 11.9 Å². The van der Waals surface area contributed by atoms with E-state index in [4.69, 9.17) is 23.7 Å². The van der Waals surface area contributed by atoms with E-state index in [1.807, 2.05) is 0 Å². The first kappa shape index (κ1) is 24.3. The number of epoxide rings is 2. The van der Waals surface area contributed by atoms with Crippen LogP contribution in [-0.2, 0) is 33.3 Å². The van der Waals surface area contributed by atoms with Crippen molar-refractivity contribution in [2.75, 3.05) is 20.8 Å². The Morgan fingerprint density at radius 2 is 1.56 bits per heavy atom. The summed E-state index contributed by atoms with van der Waals surface area (Å²) in [5.41, 5.74) is -0.186. The SMILES string of the molecule is COC(=O)C12CCC(C(=O)O[C@@H]3CC[C@]4(CO4)[C@@H]([C@]4(C)O[C@@H]4CC=C(C)C)[C@@H]3OC)(CC1)CC2. The van der Waals surface area contributed by atoms with Crippen LogP contribution in [-0.4, -0.2) is 62.3 Å². The number of hydrogen-bond donors (Lipinski definition) is 0. The highest BCUT2D eigenvalue weighted by Crippen LogP contribution is 2.61. The van der Waals surface area contributed by atoms with Crippen molar-refractivity contribution in [3.63, 3.8) is 0 Å². The highest BCUT2D eigenvalue weighted by Gasteiger charge is 2.72. The zero-order valence-electron chi connectivity index (χ0n) is 21.3. The van der Waals surface area contributed by atoms with Gasteiger partial charge in [-0.1, -0.05) is 11.6 Å². The highest BCUT2D eigenvalue weighted by molar-refractivity contribution is 5.81. The van der Waals surface area contributed by atoms with Gasteiger partial charge in [-0.3, -0.25) is 9.59 Å². The molecule has 2 bridgehead atoms. The van der Waals surface area contributed by atoms with Gasteiger partial charge in [-0.05, 0) is 78.6 Å². The van der Waals surface area contributed by atoms with Crippen molar-refractivity contribution >= 4 is 11.9 Å². The molecule has 0 aromatic heterocycles. The van der Waals surface area contributed by atoms with Crippen LogP contribution >= 0.6 is 0 Å². The maximum Gasteiger partial charge on any atom is 0.312 e. The Hall–Kier alpha value is -1.44. The lowest BCUT2D eigenvalue weighted by atomic mass is 9.53. The third-order valence-electron chi connectivity index (χ3n) is 9.79. The van der Waals surface area contributed by atoms with Crippen LogP contribution < -0.4 is 0 Å². The van der Waals surface area contributed by atoms with Gasteiger partial charge in [0.25, 0.3) is 0 Å². The zero-order valence-corrected chi connectivity index (χ0v) is 21.3. The molecule has 7 nitrogen and oxygen atoms in total. The van der Waals surface area contributed by atoms with Gasteiger partial charge in [-0.15, -0.1) is 0 Å². The van der Waals surface area contributed by atoms with Crippen molar-refractivity contribution in [3.05, 3.63) is 11.6 Å². The molecule has 4 aliphatic carbocycles. The predicted molar refractivity (Wildman–Crippen MR) is 124 cm³/mol. The summed E-state index contributed by atoms with van der Waals surface area (Å²) in [5, 5.41) is 0. The number of methoxy groups -OCH3 is 2. The lowest BCUT2D eigenvalue weighted by Gasteiger charge is -2.51. The molecule has 0 amide bonds. The number of fused-ring (bicyclic) bond motifs is 3. The van der Waals surface area contributed by atoms with E-state index in [1.165, 1.54) is 12.7 Å². The van der Waals surface area contributed by atoms with Crippen molar-refractivity contribution in [1.82, 2.24) is 0 Å². The summed E-state index contributed by atoms with van der Waals surface area (Å²) < 4.78 is 29.7. The van der Waals surface area contributed by atoms with Crippen LogP contribution in [0.5, 0.6) is 0 Å². The molecular weight excluding hydrogens is 436 g/mol. The van der Waals surface area contributed by atoms with Crippen LogP contribution in [0.15, 0.2) is 11.6 Å². The quantitative estimate of drug-likeness (QED) is 0.310. The summed E-state index contributed by atoms with van der Waals surface area (Å²) in [7, 11) is 3.16. The molecule has 0 aromatic carbocycles. The Balaban J connectivity index is 1.29. The van der Waals surface area contributed by atoms with E-state index in [0.717, 1.165) is 19.3 Å². The van der Waals surface area contributed by atoms with Gasteiger partial charge in [0.1, 0.15) is 23.4 Å². The summed E-state index contributed by atoms with van der Waals surface area (Å²) in [6.07, 6.45) is 8.39. The van der Waals surface area contributed by atoms with E-state index in [1.54, 1.807) is 7.11 Å². The second kappa shape index (κ2) is 8.31. The van der Waals surface area contributed by atoms with Crippen LogP contribution in [0, 0.1) is 16.7 Å². The predicted octanol–water partition coefficient (Wildman–Crippen LogP) is 4.12. The topological polar surface area (TPSA) is 86.9 Å². The number of carbonyl (C=O) groups is 2.